The van der Waals surface area contributed by atoms with E-state index in [1.54, 1.807) is 7.11 Å². The first-order chi connectivity index (χ1) is 7.58. The Balaban J connectivity index is 2.52. The Morgan fingerprint density at radius 3 is 2.38 bits per heavy atom. The average Bonchev–Trinajstić information content (AvgIpc) is 2.28. The number of methoxy groups -OCH3 is 1. The third-order valence-electron chi connectivity index (χ3n) is 3.56. The van der Waals surface area contributed by atoms with Crippen molar-refractivity contribution in [3.8, 4) is 0 Å². The molecule has 0 aromatic rings. The maximum Gasteiger partial charge on any atom is 0.0549 e. The van der Waals surface area contributed by atoms with Gasteiger partial charge < -0.3 is 14.8 Å². The molecule has 0 aliphatic carbocycles. The molecule has 1 heterocycles. The molecular formula is C13H27NO2. The van der Waals surface area contributed by atoms with Crippen molar-refractivity contribution in [1.29, 1.82) is 0 Å². The molecular weight excluding hydrogens is 202 g/mol. The summed E-state index contributed by atoms with van der Waals surface area (Å²) in [6.07, 6.45) is 3.78. The summed E-state index contributed by atoms with van der Waals surface area (Å²) in [6.45, 7) is 9.44. The van der Waals surface area contributed by atoms with E-state index in [1.807, 2.05) is 0 Å². The fraction of sp³-hybridized carbons (Fsp3) is 1.00. The molecule has 96 valence electrons. The molecule has 16 heavy (non-hydrogen) atoms. The molecule has 0 saturated carbocycles. The average molecular weight is 229 g/mol. The molecule has 3 nitrogen and oxygen atoms in total. The van der Waals surface area contributed by atoms with Gasteiger partial charge in [0.25, 0.3) is 0 Å². The standard InChI is InChI=1S/C13H27NO2/c1-11(2)14-10-13(9-12(3)15-4)5-7-16-8-6-13/h11-12,14H,5-10H2,1-4H3. The van der Waals surface area contributed by atoms with Gasteiger partial charge in [0, 0.05) is 32.9 Å². The van der Waals surface area contributed by atoms with Crippen molar-refractivity contribution in [2.45, 2.75) is 52.2 Å². The lowest BCUT2D eigenvalue weighted by atomic mass is 9.75. The van der Waals surface area contributed by atoms with Gasteiger partial charge in [0.05, 0.1) is 6.10 Å². The quantitative estimate of drug-likeness (QED) is 0.757. The van der Waals surface area contributed by atoms with E-state index in [0.717, 1.165) is 39.0 Å². The predicted molar refractivity (Wildman–Crippen MR) is 66.7 cm³/mol. The molecule has 0 spiro atoms. The smallest absolute Gasteiger partial charge is 0.0549 e. The molecule has 3 heteroatoms. The van der Waals surface area contributed by atoms with E-state index in [2.05, 4.69) is 26.1 Å². The van der Waals surface area contributed by atoms with Crippen molar-refractivity contribution < 1.29 is 9.47 Å². The van der Waals surface area contributed by atoms with Crippen LogP contribution in [0.25, 0.3) is 0 Å². The first kappa shape index (κ1) is 13.9. The maximum absolute atomic E-state index is 5.48. The first-order valence-corrected chi connectivity index (χ1v) is 6.42. The van der Waals surface area contributed by atoms with Crippen molar-refractivity contribution in [3.05, 3.63) is 0 Å². The summed E-state index contributed by atoms with van der Waals surface area (Å²) in [4.78, 5) is 0. The van der Waals surface area contributed by atoms with Crippen LogP contribution in [0.15, 0.2) is 0 Å². The summed E-state index contributed by atoms with van der Waals surface area (Å²) in [5.74, 6) is 0. The van der Waals surface area contributed by atoms with E-state index < -0.39 is 0 Å². The van der Waals surface area contributed by atoms with Gasteiger partial charge in [-0.2, -0.15) is 0 Å². The summed E-state index contributed by atoms with van der Waals surface area (Å²) in [5.41, 5.74) is 0.373. The molecule has 0 radical (unpaired) electrons. The molecule has 1 atom stereocenters. The zero-order chi connectivity index (χ0) is 12.0. The van der Waals surface area contributed by atoms with Gasteiger partial charge in [0.15, 0.2) is 0 Å². The SMILES string of the molecule is COC(C)CC1(CNC(C)C)CCOCC1. The molecule has 1 fully saturated rings. The van der Waals surface area contributed by atoms with Crippen molar-refractivity contribution in [2.24, 2.45) is 5.41 Å². The van der Waals surface area contributed by atoms with E-state index in [4.69, 9.17) is 9.47 Å². The highest BCUT2D eigenvalue weighted by molar-refractivity contribution is 4.86. The van der Waals surface area contributed by atoms with Crippen LogP contribution >= 0.6 is 0 Å². The number of hydrogen-bond donors (Lipinski definition) is 1. The van der Waals surface area contributed by atoms with E-state index in [-0.39, 0.29) is 0 Å². The Morgan fingerprint density at radius 2 is 1.88 bits per heavy atom. The van der Waals surface area contributed by atoms with Crippen LogP contribution in [0.5, 0.6) is 0 Å². The minimum absolute atomic E-state index is 0.340. The molecule has 0 amide bonds. The van der Waals surface area contributed by atoms with Crippen molar-refractivity contribution in [1.82, 2.24) is 5.32 Å². The van der Waals surface area contributed by atoms with Crippen molar-refractivity contribution in [2.75, 3.05) is 26.9 Å². The summed E-state index contributed by atoms with van der Waals surface area (Å²) in [5, 5.41) is 3.57. The Kier molecular flexibility index (Phi) is 5.73. The zero-order valence-electron chi connectivity index (χ0n) is 11.2. The minimum Gasteiger partial charge on any atom is -0.382 e. The van der Waals surface area contributed by atoms with E-state index >= 15 is 0 Å². The summed E-state index contributed by atoms with van der Waals surface area (Å²) in [6, 6.07) is 0.553. The Bertz CT molecular complexity index is 188. The van der Waals surface area contributed by atoms with Crippen LogP contribution in [0.4, 0.5) is 0 Å². The number of nitrogens with one attached hydrogen (secondary N) is 1. The van der Waals surface area contributed by atoms with Crippen LogP contribution in [0, 0.1) is 5.41 Å². The van der Waals surface area contributed by atoms with E-state index in [0.29, 0.717) is 17.6 Å². The van der Waals surface area contributed by atoms with Gasteiger partial charge in [0.2, 0.25) is 0 Å². The van der Waals surface area contributed by atoms with Gasteiger partial charge in [-0.15, -0.1) is 0 Å². The molecule has 1 aliphatic heterocycles. The molecule has 0 aromatic heterocycles. The molecule has 1 unspecified atom stereocenters. The van der Waals surface area contributed by atoms with Gasteiger partial charge in [-0.1, -0.05) is 13.8 Å². The largest absolute Gasteiger partial charge is 0.382 e. The summed E-state index contributed by atoms with van der Waals surface area (Å²) >= 11 is 0. The molecule has 1 N–H and O–H groups in total. The molecule has 1 saturated heterocycles. The zero-order valence-corrected chi connectivity index (χ0v) is 11.2. The number of rotatable bonds is 6. The second kappa shape index (κ2) is 6.58. The van der Waals surface area contributed by atoms with Crippen LogP contribution in [0.3, 0.4) is 0 Å². The third-order valence-corrected chi connectivity index (χ3v) is 3.56. The van der Waals surface area contributed by atoms with E-state index in [1.165, 1.54) is 0 Å². The lowest BCUT2D eigenvalue weighted by Crippen LogP contribution is -2.43. The number of ether oxygens (including phenoxy) is 2. The highest BCUT2D eigenvalue weighted by Gasteiger charge is 2.33. The third kappa shape index (κ3) is 4.40. The predicted octanol–water partition coefficient (Wildman–Crippen LogP) is 2.21. The van der Waals surface area contributed by atoms with Gasteiger partial charge in [-0.3, -0.25) is 0 Å². The van der Waals surface area contributed by atoms with Crippen LogP contribution in [0.2, 0.25) is 0 Å². The topological polar surface area (TPSA) is 30.5 Å². The molecule has 0 bridgehead atoms. The normalized spacial score (nSPS) is 22.3. The molecule has 0 aromatic carbocycles. The summed E-state index contributed by atoms with van der Waals surface area (Å²) in [7, 11) is 1.80. The van der Waals surface area contributed by atoms with Gasteiger partial charge in [-0.05, 0) is 31.6 Å². The second-order valence-corrected chi connectivity index (χ2v) is 5.40. The Morgan fingerprint density at radius 1 is 1.25 bits per heavy atom. The lowest BCUT2D eigenvalue weighted by molar-refractivity contribution is -0.0195. The van der Waals surface area contributed by atoms with Crippen LogP contribution < -0.4 is 5.32 Å². The monoisotopic (exact) mass is 229 g/mol. The van der Waals surface area contributed by atoms with Crippen molar-refractivity contribution >= 4 is 0 Å². The Hall–Kier alpha value is -0.120. The Labute approximate surface area is 99.9 Å². The van der Waals surface area contributed by atoms with Crippen LogP contribution in [-0.2, 0) is 9.47 Å². The first-order valence-electron chi connectivity index (χ1n) is 6.42. The highest BCUT2D eigenvalue weighted by atomic mass is 16.5. The molecule has 1 rings (SSSR count). The van der Waals surface area contributed by atoms with Gasteiger partial charge in [-0.25, -0.2) is 0 Å². The molecule has 1 aliphatic rings. The van der Waals surface area contributed by atoms with Gasteiger partial charge in [0.1, 0.15) is 0 Å². The highest BCUT2D eigenvalue weighted by Crippen LogP contribution is 2.35. The van der Waals surface area contributed by atoms with Crippen molar-refractivity contribution in [3.63, 3.8) is 0 Å². The fourth-order valence-electron chi connectivity index (χ4n) is 2.37. The second-order valence-electron chi connectivity index (χ2n) is 5.40. The lowest BCUT2D eigenvalue weighted by Gasteiger charge is -2.39. The number of hydrogen-bond acceptors (Lipinski definition) is 3. The van der Waals surface area contributed by atoms with Gasteiger partial charge >= 0.3 is 0 Å². The maximum atomic E-state index is 5.48. The van der Waals surface area contributed by atoms with Crippen LogP contribution in [0.1, 0.15) is 40.0 Å². The van der Waals surface area contributed by atoms with E-state index in [9.17, 15) is 0 Å². The van der Waals surface area contributed by atoms with Crippen LogP contribution in [-0.4, -0.2) is 39.0 Å². The summed E-state index contributed by atoms with van der Waals surface area (Å²) < 4.78 is 10.9. The minimum atomic E-state index is 0.340. The fourth-order valence-corrected chi connectivity index (χ4v) is 2.37.